The lowest BCUT2D eigenvalue weighted by molar-refractivity contribution is -0.137. The third kappa shape index (κ3) is 13.3. The molecule has 2 amide bonds. The smallest absolute Gasteiger partial charge is 0.416 e. The van der Waals surface area contributed by atoms with Crippen LogP contribution >= 0.6 is 11.6 Å². The first-order valence-corrected chi connectivity index (χ1v) is 18.5. The molecule has 0 aliphatic carbocycles. The third-order valence-electron chi connectivity index (χ3n) is 8.79. The van der Waals surface area contributed by atoms with Crippen molar-refractivity contribution >= 4 is 48.8 Å². The second-order valence-electron chi connectivity index (χ2n) is 12.8. The molecule has 18 heteroatoms. The van der Waals surface area contributed by atoms with Crippen LogP contribution in [0.1, 0.15) is 66.0 Å². The molecule has 0 unspecified atom stereocenters. The van der Waals surface area contributed by atoms with Crippen LogP contribution in [0.15, 0.2) is 64.6 Å². The van der Waals surface area contributed by atoms with Gasteiger partial charge in [-0.1, -0.05) is 50.1 Å². The first-order chi connectivity index (χ1) is 27.2. The molecule has 0 radical (unpaired) electrons. The molecule has 2 heterocycles. The summed E-state index contributed by atoms with van der Waals surface area (Å²) >= 11 is 5.98. The van der Waals surface area contributed by atoms with Gasteiger partial charge in [-0.15, -0.1) is 0 Å². The predicted molar refractivity (Wildman–Crippen MR) is 213 cm³/mol. The van der Waals surface area contributed by atoms with Gasteiger partial charge in [-0.05, 0) is 63.2 Å². The van der Waals surface area contributed by atoms with E-state index in [-0.39, 0.29) is 54.2 Å². The van der Waals surface area contributed by atoms with Crippen LogP contribution in [0.2, 0.25) is 5.02 Å². The Kier molecular flexibility index (Phi) is 17.9. The van der Waals surface area contributed by atoms with Gasteiger partial charge in [-0.3, -0.25) is 19.4 Å². The van der Waals surface area contributed by atoms with Crippen molar-refractivity contribution < 1.29 is 37.4 Å². The Labute approximate surface area is 335 Å². The first kappa shape index (κ1) is 45.8. The number of piperazine rings is 1. The number of nitrogens with one attached hydrogen (secondary N) is 1. The van der Waals surface area contributed by atoms with Gasteiger partial charge in [0.1, 0.15) is 25.0 Å². The molecule has 0 spiro atoms. The van der Waals surface area contributed by atoms with Gasteiger partial charge in [0.2, 0.25) is 5.91 Å². The molecule has 1 aromatic heterocycles. The largest absolute Gasteiger partial charge is 0.504 e. The molecule has 308 valence electrons. The number of aromatic nitrogens is 2. The number of rotatable bonds is 17. The summed E-state index contributed by atoms with van der Waals surface area (Å²) in [5.41, 5.74) is 2.04. The molecule has 14 nitrogen and oxygen atoms in total. The summed E-state index contributed by atoms with van der Waals surface area (Å²) in [6.45, 7) is 17.0. The maximum atomic E-state index is 13.0. The van der Waals surface area contributed by atoms with E-state index in [0.29, 0.717) is 38.0 Å². The SMILES string of the molecule is C=NCc1cccc(C)c1OCCCC.C=NN(CN(CC(=O)Nc1ccc(C(F)(F)F)cc1Cl)/C(=C\C=O)CC)N1CCN(C(=O)c2ncnc(C)c2O)CC1. The number of unbranched alkanes of at least 4 members (excludes halogenated alkanes) is 1. The van der Waals surface area contributed by atoms with Crippen molar-refractivity contribution in [3.63, 3.8) is 0 Å². The van der Waals surface area contributed by atoms with Crippen LogP contribution in [0.4, 0.5) is 18.9 Å². The van der Waals surface area contributed by atoms with Crippen molar-refractivity contribution in [1.82, 2.24) is 29.9 Å². The second kappa shape index (κ2) is 22.3. The Balaban J connectivity index is 0.000000485. The molecule has 1 aliphatic rings. The van der Waals surface area contributed by atoms with Crippen LogP contribution in [0.3, 0.4) is 0 Å². The molecule has 57 heavy (non-hydrogen) atoms. The van der Waals surface area contributed by atoms with Gasteiger partial charge in [0.05, 0.1) is 41.7 Å². The molecule has 1 saturated heterocycles. The Bertz CT molecular complexity index is 1890. The Hall–Kier alpha value is -5.55. The van der Waals surface area contributed by atoms with E-state index >= 15 is 0 Å². The van der Waals surface area contributed by atoms with Gasteiger partial charge in [0.15, 0.2) is 11.4 Å². The summed E-state index contributed by atoms with van der Waals surface area (Å²) < 4.78 is 44.7. The number of aldehydes is 1. The molecule has 2 N–H and O–H groups in total. The van der Waals surface area contributed by atoms with Crippen molar-refractivity contribution in [2.45, 2.75) is 59.7 Å². The summed E-state index contributed by atoms with van der Waals surface area (Å²) in [5, 5.41) is 19.7. The first-order valence-electron chi connectivity index (χ1n) is 18.2. The van der Waals surface area contributed by atoms with Gasteiger partial charge in [0, 0.05) is 44.2 Å². The van der Waals surface area contributed by atoms with Crippen molar-refractivity contribution in [3.05, 3.63) is 87.6 Å². The molecule has 2 aromatic carbocycles. The number of aliphatic imine (C=N–C) groups is 1. The zero-order valence-corrected chi connectivity index (χ0v) is 33.3. The summed E-state index contributed by atoms with van der Waals surface area (Å²) in [5.74, 6) is -0.335. The number of allylic oxidation sites excluding steroid dienone is 2. The van der Waals surface area contributed by atoms with Gasteiger partial charge in [-0.2, -0.15) is 23.3 Å². The minimum absolute atomic E-state index is 0.00330. The number of anilines is 1. The van der Waals surface area contributed by atoms with Crippen LogP contribution in [-0.4, -0.2) is 113 Å². The molecule has 3 aromatic rings. The average Bonchev–Trinajstić information content (AvgIpc) is 3.18. The van der Waals surface area contributed by atoms with Crippen LogP contribution in [0.25, 0.3) is 0 Å². The summed E-state index contributed by atoms with van der Waals surface area (Å²) in [7, 11) is 0. The fourth-order valence-electron chi connectivity index (χ4n) is 5.69. The van der Waals surface area contributed by atoms with Crippen LogP contribution < -0.4 is 10.1 Å². The molecule has 1 fully saturated rings. The van der Waals surface area contributed by atoms with Crippen LogP contribution in [-0.2, 0) is 22.3 Å². The highest BCUT2D eigenvalue weighted by Gasteiger charge is 2.32. The van der Waals surface area contributed by atoms with Crippen molar-refractivity contribution in [2.75, 3.05) is 51.3 Å². The lowest BCUT2D eigenvalue weighted by atomic mass is 10.1. The van der Waals surface area contributed by atoms with Crippen LogP contribution in [0, 0.1) is 13.8 Å². The minimum atomic E-state index is -4.59. The second-order valence-corrected chi connectivity index (χ2v) is 13.2. The number of amides is 2. The number of alkyl halides is 3. The molecular formula is C39H49ClF3N9O5. The maximum absolute atomic E-state index is 13.0. The average molecular weight is 816 g/mol. The van der Waals surface area contributed by atoms with E-state index in [9.17, 15) is 32.7 Å². The molecule has 0 bridgehead atoms. The number of benzene rings is 2. The number of ether oxygens (including phenoxy) is 1. The summed E-state index contributed by atoms with van der Waals surface area (Å²) in [4.78, 5) is 51.9. The van der Waals surface area contributed by atoms with Crippen LogP contribution in [0.5, 0.6) is 11.5 Å². The predicted octanol–water partition coefficient (Wildman–Crippen LogP) is 6.52. The zero-order valence-electron chi connectivity index (χ0n) is 32.6. The minimum Gasteiger partial charge on any atom is -0.504 e. The molecule has 4 rings (SSSR count). The lowest BCUT2D eigenvalue weighted by Gasteiger charge is -2.41. The number of hydrogen-bond acceptors (Lipinski definition) is 12. The number of hydrogen-bond donors (Lipinski definition) is 2. The third-order valence-corrected chi connectivity index (χ3v) is 9.10. The quantitative estimate of drug-likeness (QED) is 0.0384. The number of aromatic hydroxyl groups is 1. The number of nitrogens with zero attached hydrogens (tertiary/aromatic N) is 8. The number of aryl methyl sites for hydroxylation is 2. The van der Waals surface area contributed by atoms with Gasteiger partial charge < -0.3 is 25.0 Å². The summed E-state index contributed by atoms with van der Waals surface area (Å²) in [6.07, 6.45) is 1.12. The van der Waals surface area contributed by atoms with E-state index in [4.69, 9.17) is 16.3 Å². The highest BCUT2D eigenvalue weighted by Crippen LogP contribution is 2.34. The zero-order chi connectivity index (χ0) is 42.1. The fraction of sp³-hybridized carbons (Fsp3) is 0.410. The van der Waals surface area contributed by atoms with Crippen molar-refractivity contribution in [1.29, 1.82) is 0 Å². The molecule has 0 saturated carbocycles. The number of hydrazone groups is 1. The molecule has 0 atom stereocenters. The Morgan fingerprint density at radius 2 is 1.82 bits per heavy atom. The number of carbonyl (C=O) groups is 3. The number of carbonyl (C=O) groups excluding carboxylic acids is 3. The lowest BCUT2D eigenvalue weighted by Crippen LogP contribution is -2.55. The van der Waals surface area contributed by atoms with Gasteiger partial charge in [0.25, 0.3) is 5.91 Å². The maximum Gasteiger partial charge on any atom is 0.416 e. The number of hydrazine groups is 1. The Morgan fingerprint density at radius 1 is 1.11 bits per heavy atom. The summed E-state index contributed by atoms with van der Waals surface area (Å²) in [6, 6.07) is 8.74. The number of para-hydroxylation sites is 1. The van der Waals surface area contributed by atoms with E-state index < -0.39 is 23.6 Å². The number of halogens is 4. The van der Waals surface area contributed by atoms with E-state index in [1.54, 1.807) is 23.8 Å². The van der Waals surface area contributed by atoms with Gasteiger partial charge in [-0.25, -0.2) is 15.1 Å². The van der Waals surface area contributed by atoms with Gasteiger partial charge >= 0.3 is 6.18 Å². The molecular weight excluding hydrogens is 767 g/mol. The van der Waals surface area contributed by atoms with Crippen molar-refractivity contribution in [2.24, 2.45) is 10.1 Å². The fourth-order valence-corrected chi connectivity index (χ4v) is 5.91. The molecule has 1 aliphatic heterocycles. The van der Waals surface area contributed by atoms with E-state index in [1.165, 1.54) is 28.0 Å². The van der Waals surface area contributed by atoms with E-state index in [1.807, 2.05) is 12.1 Å². The Morgan fingerprint density at radius 3 is 2.42 bits per heavy atom. The van der Waals surface area contributed by atoms with E-state index in [0.717, 1.165) is 49.0 Å². The standard InChI is InChI=1S/C26H30ClF3N8O4.C13H19NO/c1-4-19(7-12-39)36(14-22(40)34-21-6-5-18(13-20(21)27)26(28,29)30)16-38(31-3)37-10-8-35(9-11-37)25(42)23-24(41)17(2)32-15-33-23;1-4-5-9-15-13-11(2)7-6-8-12(13)10-14-3/h5-7,12-13,15,41H,3-4,8-11,14,16H2,1-2H3,(H,34,40);6-8H,3-5,9-10H2,1-2H3/b19-7-;. The normalized spacial score (nSPS) is 13.2. The highest BCUT2D eigenvalue weighted by atomic mass is 35.5. The topological polar surface area (TPSA) is 156 Å². The highest BCUT2D eigenvalue weighted by molar-refractivity contribution is 6.33. The van der Waals surface area contributed by atoms with E-state index in [2.05, 4.69) is 58.7 Å². The monoisotopic (exact) mass is 815 g/mol. The van der Waals surface area contributed by atoms with Crippen molar-refractivity contribution in [3.8, 4) is 11.5 Å².